The van der Waals surface area contributed by atoms with Crippen LogP contribution in [0, 0.1) is 6.92 Å². The predicted molar refractivity (Wildman–Crippen MR) is 102 cm³/mol. The van der Waals surface area contributed by atoms with Gasteiger partial charge in [0.15, 0.2) is 0 Å². The van der Waals surface area contributed by atoms with Crippen LogP contribution in [0.25, 0.3) is 0 Å². The van der Waals surface area contributed by atoms with Crippen LogP contribution in [0.3, 0.4) is 0 Å². The molecule has 26 heavy (non-hydrogen) atoms. The summed E-state index contributed by atoms with van der Waals surface area (Å²) >= 11 is 1.48. The van der Waals surface area contributed by atoms with Gasteiger partial charge in [-0.05, 0) is 12.5 Å². The van der Waals surface area contributed by atoms with E-state index in [9.17, 15) is 14.4 Å². The second kappa shape index (κ2) is 8.19. The summed E-state index contributed by atoms with van der Waals surface area (Å²) in [5.41, 5.74) is 2.35. The Hall–Kier alpha value is -2.60. The van der Waals surface area contributed by atoms with Crippen LogP contribution in [-0.4, -0.2) is 40.2 Å². The van der Waals surface area contributed by atoms with Gasteiger partial charge in [-0.15, -0.1) is 11.8 Å². The summed E-state index contributed by atoms with van der Waals surface area (Å²) in [4.78, 5) is 38.9. The molecule has 0 radical (unpaired) electrons. The second-order valence-electron chi connectivity index (χ2n) is 6.19. The van der Waals surface area contributed by atoms with Crippen molar-refractivity contribution in [2.24, 2.45) is 0 Å². The first kappa shape index (κ1) is 18.2. The monoisotopic (exact) mass is 368 g/mol. The van der Waals surface area contributed by atoms with E-state index in [0.29, 0.717) is 23.7 Å². The van der Waals surface area contributed by atoms with E-state index >= 15 is 0 Å². The number of amides is 2. The van der Waals surface area contributed by atoms with Crippen molar-refractivity contribution in [2.45, 2.75) is 19.5 Å². The van der Waals surface area contributed by atoms with Crippen LogP contribution in [0.15, 0.2) is 54.6 Å². The molecule has 2 amide bonds. The molecular weight excluding hydrogens is 348 g/mol. The van der Waals surface area contributed by atoms with Gasteiger partial charge in [-0.1, -0.05) is 60.2 Å². The van der Waals surface area contributed by atoms with Crippen molar-refractivity contribution < 1.29 is 14.4 Å². The molecule has 1 N–H and O–H groups in total. The molecule has 1 atom stereocenters. The molecule has 1 heterocycles. The van der Waals surface area contributed by atoms with Crippen molar-refractivity contribution in [1.29, 1.82) is 0 Å². The zero-order valence-corrected chi connectivity index (χ0v) is 15.3. The molecule has 0 bridgehead atoms. The molecule has 0 spiro atoms. The number of hydrogen-bond acceptors (Lipinski definition) is 4. The lowest BCUT2D eigenvalue weighted by Crippen LogP contribution is -2.49. The summed E-state index contributed by atoms with van der Waals surface area (Å²) < 4.78 is 0. The van der Waals surface area contributed by atoms with Crippen LogP contribution in [-0.2, 0) is 16.1 Å². The average Bonchev–Trinajstić information content (AvgIpc) is 3.16. The Morgan fingerprint density at radius 2 is 1.77 bits per heavy atom. The minimum atomic E-state index is -0.626. The van der Waals surface area contributed by atoms with Crippen molar-refractivity contribution >= 4 is 29.4 Å². The number of benzene rings is 2. The van der Waals surface area contributed by atoms with Crippen LogP contribution < -0.4 is 5.32 Å². The average molecular weight is 368 g/mol. The lowest BCUT2D eigenvalue weighted by molar-refractivity contribution is -0.134. The maximum absolute atomic E-state index is 12.6. The van der Waals surface area contributed by atoms with Gasteiger partial charge >= 0.3 is 0 Å². The SMILES string of the molecule is Cc1ccc(C(=O)C(=O)N2CSC[C@H]2C(=O)NCc2ccccc2)cc1. The van der Waals surface area contributed by atoms with E-state index in [4.69, 9.17) is 0 Å². The van der Waals surface area contributed by atoms with E-state index in [1.165, 1.54) is 16.7 Å². The van der Waals surface area contributed by atoms with E-state index in [1.54, 1.807) is 24.3 Å². The molecule has 5 nitrogen and oxygen atoms in total. The van der Waals surface area contributed by atoms with Crippen LogP contribution in [0.2, 0.25) is 0 Å². The highest BCUT2D eigenvalue weighted by Gasteiger charge is 2.37. The van der Waals surface area contributed by atoms with Gasteiger partial charge in [-0.3, -0.25) is 14.4 Å². The number of thioether (sulfide) groups is 1. The number of rotatable bonds is 5. The van der Waals surface area contributed by atoms with Crippen molar-refractivity contribution in [2.75, 3.05) is 11.6 Å². The topological polar surface area (TPSA) is 66.5 Å². The zero-order valence-electron chi connectivity index (χ0n) is 14.5. The first-order valence-corrected chi connectivity index (χ1v) is 9.53. The number of carbonyl (C=O) groups excluding carboxylic acids is 3. The predicted octanol–water partition coefficient (Wildman–Crippen LogP) is 2.40. The molecular formula is C20H20N2O3S. The van der Waals surface area contributed by atoms with Crippen LogP contribution >= 0.6 is 11.8 Å². The molecule has 0 unspecified atom stereocenters. The van der Waals surface area contributed by atoms with Gasteiger partial charge in [0.2, 0.25) is 11.7 Å². The van der Waals surface area contributed by atoms with Gasteiger partial charge in [0, 0.05) is 17.9 Å². The Bertz CT molecular complexity index is 806. The molecule has 3 rings (SSSR count). The van der Waals surface area contributed by atoms with Crippen LogP contribution in [0.1, 0.15) is 21.5 Å². The van der Waals surface area contributed by atoms with Gasteiger partial charge in [0.05, 0.1) is 5.88 Å². The lowest BCUT2D eigenvalue weighted by Gasteiger charge is -2.22. The van der Waals surface area contributed by atoms with Crippen molar-refractivity contribution in [3.63, 3.8) is 0 Å². The van der Waals surface area contributed by atoms with E-state index in [-0.39, 0.29) is 5.91 Å². The first-order valence-electron chi connectivity index (χ1n) is 8.37. The summed E-state index contributed by atoms with van der Waals surface area (Å²) in [5, 5.41) is 2.85. The molecule has 2 aromatic carbocycles. The summed E-state index contributed by atoms with van der Waals surface area (Å²) in [6, 6.07) is 15.8. The Morgan fingerprint density at radius 3 is 2.46 bits per heavy atom. The highest BCUT2D eigenvalue weighted by atomic mass is 32.2. The van der Waals surface area contributed by atoms with E-state index < -0.39 is 17.7 Å². The molecule has 1 aliphatic rings. The fourth-order valence-electron chi connectivity index (χ4n) is 2.72. The molecule has 1 aliphatic heterocycles. The Labute approximate surface area is 156 Å². The molecule has 134 valence electrons. The summed E-state index contributed by atoms with van der Waals surface area (Å²) in [6.45, 7) is 2.31. The number of Topliss-reactive ketones (excluding diaryl/α,β-unsaturated/α-hetero) is 1. The number of nitrogens with zero attached hydrogens (tertiary/aromatic N) is 1. The maximum Gasteiger partial charge on any atom is 0.296 e. The summed E-state index contributed by atoms with van der Waals surface area (Å²) in [6.07, 6.45) is 0. The highest BCUT2D eigenvalue weighted by Crippen LogP contribution is 2.22. The highest BCUT2D eigenvalue weighted by molar-refractivity contribution is 7.99. The van der Waals surface area contributed by atoms with Gasteiger partial charge < -0.3 is 10.2 Å². The third kappa shape index (κ3) is 4.14. The first-order chi connectivity index (χ1) is 12.6. The van der Waals surface area contributed by atoms with Gasteiger partial charge in [0.1, 0.15) is 6.04 Å². The molecule has 0 aromatic heterocycles. The van der Waals surface area contributed by atoms with Gasteiger partial charge in [-0.2, -0.15) is 0 Å². The smallest absolute Gasteiger partial charge is 0.296 e. The Morgan fingerprint density at radius 1 is 1.08 bits per heavy atom. The molecule has 1 saturated heterocycles. The standard InChI is InChI=1S/C20H20N2O3S/c1-14-7-9-16(10-8-14)18(23)20(25)22-13-26-12-17(22)19(24)21-11-15-5-3-2-4-6-15/h2-10,17H,11-13H2,1H3,(H,21,24)/t17-/m0/s1. The van der Waals surface area contributed by atoms with Crippen molar-refractivity contribution in [3.05, 3.63) is 71.3 Å². The molecule has 0 aliphatic carbocycles. The Balaban J connectivity index is 1.65. The van der Waals surface area contributed by atoms with E-state index in [1.807, 2.05) is 37.3 Å². The number of nitrogens with one attached hydrogen (secondary N) is 1. The molecule has 0 saturated carbocycles. The van der Waals surface area contributed by atoms with E-state index in [2.05, 4.69) is 5.32 Å². The molecule has 1 fully saturated rings. The van der Waals surface area contributed by atoms with Crippen LogP contribution in [0.4, 0.5) is 0 Å². The fraction of sp³-hybridized carbons (Fsp3) is 0.250. The normalized spacial score (nSPS) is 16.3. The second-order valence-corrected chi connectivity index (χ2v) is 7.19. The molecule has 6 heteroatoms. The van der Waals surface area contributed by atoms with E-state index in [0.717, 1.165) is 11.1 Å². The number of hydrogen-bond donors (Lipinski definition) is 1. The summed E-state index contributed by atoms with van der Waals surface area (Å²) in [7, 11) is 0. The number of ketones is 1. The van der Waals surface area contributed by atoms with Gasteiger partial charge in [-0.25, -0.2) is 0 Å². The van der Waals surface area contributed by atoms with Crippen molar-refractivity contribution in [1.82, 2.24) is 10.2 Å². The largest absolute Gasteiger partial charge is 0.350 e. The fourth-order valence-corrected chi connectivity index (χ4v) is 3.88. The third-order valence-electron chi connectivity index (χ3n) is 4.26. The Kier molecular flexibility index (Phi) is 5.73. The number of carbonyl (C=O) groups is 3. The lowest BCUT2D eigenvalue weighted by atomic mass is 10.1. The maximum atomic E-state index is 12.6. The van der Waals surface area contributed by atoms with Gasteiger partial charge in [0.25, 0.3) is 5.91 Å². The minimum absolute atomic E-state index is 0.232. The zero-order chi connectivity index (χ0) is 18.5. The third-order valence-corrected chi connectivity index (χ3v) is 5.28. The summed E-state index contributed by atoms with van der Waals surface area (Å²) in [5.74, 6) is -0.594. The quantitative estimate of drug-likeness (QED) is 0.650. The van der Waals surface area contributed by atoms with Crippen LogP contribution in [0.5, 0.6) is 0 Å². The minimum Gasteiger partial charge on any atom is -0.350 e. The van der Waals surface area contributed by atoms with Crippen molar-refractivity contribution in [3.8, 4) is 0 Å². The molecule has 2 aromatic rings. The number of aryl methyl sites for hydroxylation is 1.